The molecule has 0 radical (unpaired) electrons. The monoisotopic (exact) mass is 331 g/mol. The zero-order valence-electron chi connectivity index (χ0n) is 14.8. The van der Waals surface area contributed by atoms with Crippen molar-refractivity contribution in [1.82, 2.24) is 4.90 Å². The van der Waals surface area contributed by atoms with Gasteiger partial charge in [0.25, 0.3) is 5.91 Å². The van der Waals surface area contributed by atoms with Crippen LogP contribution < -0.4 is 0 Å². The molecule has 1 heterocycles. The number of nitrogens with zero attached hydrogens (tertiary/aromatic N) is 1. The van der Waals surface area contributed by atoms with Crippen LogP contribution in [0.1, 0.15) is 61.4 Å². The molecule has 1 aromatic carbocycles. The summed E-state index contributed by atoms with van der Waals surface area (Å²) < 4.78 is 5.12. The fraction of sp³-hybridized carbons (Fsp3) is 0.650. The van der Waals surface area contributed by atoms with Crippen LogP contribution in [0.4, 0.5) is 0 Å². The molecule has 0 unspecified atom stereocenters. The van der Waals surface area contributed by atoms with E-state index in [2.05, 4.69) is 0 Å². The Morgan fingerprint density at radius 1 is 1.25 bits per heavy atom. The van der Waals surface area contributed by atoms with E-state index in [-0.39, 0.29) is 17.9 Å². The molecule has 1 aromatic rings. The molecule has 1 amide bonds. The third kappa shape index (κ3) is 3.50. The SMILES string of the molecule is COCc1ccc(C(=O)N2CCC[C@@H]2[C@H]2CCCC[C@@]2(C)O)cc1. The van der Waals surface area contributed by atoms with Crippen molar-refractivity contribution in [3.8, 4) is 0 Å². The number of methoxy groups -OCH3 is 1. The first kappa shape index (κ1) is 17.4. The van der Waals surface area contributed by atoms with Gasteiger partial charge in [0.15, 0.2) is 0 Å². The van der Waals surface area contributed by atoms with Gasteiger partial charge in [-0.1, -0.05) is 25.0 Å². The quantitative estimate of drug-likeness (QED) is 0.920. The smallest absolute Gasteiger partial charge is 0.254 e. The Morgan fingerprint density at radius 3 is 2.67 bits per heavy atom. The van der Waals surface area contributed by atoms with Crippen molar-refractivity contribution >= 4 is 5.91 Å². The number of ether oxygens (including phenoxy) is 1. The molecule has 1 saturated carbocycles. The van der Waals surface area contributed by atoms with Crippen molar-refractivity contribution < 1.29 is 14.6 Å². The molecular formula is C20H29NO3. The Morgan fingerprint density at radius 2 is 2.00 bits per heavy atom. The fourth-order valence-corrected chi connectivity index (χ4v) is 4.49. The maximum absolute atomic E-state index is 13.0. The first-order valence-corrected chi connectivity index (χ1v) is 9.14. The van der Waals surface area contributed by atoms with Crippen LogP contribution in [0.5, 0.6) is 0 Å². The van der Waals surface area contributed by atoms with E-state index in [1.165, 1.54) is 0 Å². The lowest BCUT2D eigenvalue weighted by Gasteiger charge is -2.43. The van der Waals surface area contributed by atoms with Gasteiger partial charge in [-0.25, -0.2) is 0 Å². The number of hydrogen-bond donors (Lipinski definition) is 1. The zero-order chi connectivity index (χ0) is 17.2. The van der Waals surface area contributed by atoms with E-state index in [0.717, 1.165) is 56.2 Å². The summed E-state index contributed by atoms with van der Waals surface area (Å²) in [6, 6.07) is 7.87. The van der Waals surface area contributed by atoms with Crippen LogP contribution in [-0.2, 0) is 11.3 Å². The van der Waals surface area contributed by atoms with Crippen molar-refractivity contribution in [2.24, 2.45) is 5.92 Å². The summed E-state index contributed by atoms with van der Waals surface area (Å²) >= 11 is 0. The third-order valence-corrected chi connectivity index (χ3v) is 5.78. The van der Waals surface area contributed by atoms with Crippen molar-refractivity contribution in [2.45, 2.75) is 63.7 Å². The second-order valence-electron chi connectivity index (χ2n) is 7.55. The van der Waals surface area contributed by atoms with Gasteiger partial charge in [-0.05, 0) is 50.3 Å². The van der Waals surface area contributed by atoms with Crippen molar-refractivity contribution in [3.05, 3.63) is 35.4 Å². The molecule has 3 atom stereocenters. The van der Waals surface area contributed by atoms with Crippen LogP contribution in [0.2, 0.25) is 0 Å². The summed E-state index contributed by atoms with van der Waals surface area (Å²) in [5.41, 5.74) is 1.16. The number of hydrogen-bond acceptors (Lipinski definition) is 3. The van der Waals surface area contributed by atoms with Crippen LogP contribution in [0.25, 0.3) is 0 Å². The number of rotatable bonds is 4. The molecule has 1 aliphatic carbocycles. The van der Waals surface area contributed by atoms with Crippen molar-refractivity contribution in [2.75, 3.05) is 13.7 Å². The maximum atomic E-state index is 13.0. The van der Waals surface area contributed by atoms with Gasteiger partial charge in [0.05, 0.1) is 12.2 Å². The molecule has 0 spiro atoms. The highest BCUT2D eigenvalue weighted by molar-refractivity contribution is 5.94. The molecule has 0 aromatic heterocycles. The largest absolute Gasteiger partial charge is 0.390 e. The molecule has 3 rings (SSSR count). The Hall–Kier alpha value is -1.39. The lowest BCUT2D eigenvalue weighted by atomic mass is 9.72. The predicted octanol–water partition coefficient (Wildman–Crippen LogP) is 3.38. The minimum Gasteiger partial charge on any atom is -0.390 e. The van der Waals surface area contributed by atoms with E-state index in [9.17, 15) is 9.90 Å². The van der Waals surface area contributed by atoms with E-state index in [4.69, 9.17) is 4.74 Å². The summed E-state index contributed by atoms with van der Waals surface area (Å²) in [4.78, 5) is 15.0. The molecule has 1 N–H and O–H groups in total. The van der Waals surface area contributed by atoms with Gasteiger partial charge in [-0.15, -0.1) is 0 Å². The molecule has 1 aliphatic heterocycles. The summed E-state index contributed by atoms with van der Waals surface area (Å²) in [7, 11) is 1.67. The molecule has 4 nitrogen and oxygen atoms in total. The minimum absolute atomic E-state index is 0.0999. The molecule has 1 saturated heterocycles. The summed E-state index contributed by atoms with van der Waals surface area (Å²) in [6.45, 7) is 3.32. The van der Waals surface area contributed by atoms with Gasteiger partial charge >= 0.3 is 0 Å². The zero-order valence-corrected chi connectivity index (χ0v) is 14.8. The highest BCUT2D eigenvalue weighted by Crippen LogP contribution is 2.41. The van der Waals surface area contributed by atoms with E-state index in [1.807, 2.05) is 36.1 Å². The molecular weight excluding hydrogens is 302 g/mol. The molecule has 24 heavy (non-hydrogen) atoms. The molecule has 2 aliphatic rings. The van der Waals surface area contributed by atoms with E-state index in [0.29, 0.717) is 6.61 Å². The summed E-state index contributed by atoms with van der Waals surface area (Å²) in [5, 5.41) is 10.8. The first-order chi connectivity index (χ1) is 11.5. The average molecular weight is 331 g/mol. The highest BCUT2D eigenvalue weighted by Gasteiger charge is 2.44. The van der Waals surface area contributed by atoms with Gasteiger partial charge in [0.2, 0.25) is 0 Å². The minimum atomic E-state index is -0.645. The predicted molar refractivity (Wildman–Crippen MR) is 93.8 cm³/mol. The van der Waals surface area contributed by atoms with E-state index in [1.54, 1.807) is 7.11 Å². The van der Waals surface area contributed by atoms with E-state index >= 15 is 0 Å². The number of likely N-dealkylation sites (tertiary alicyclic amines) is 1. The highest BCUT2D eigenvalue weighted by atomic mass is 16.5. The Bertz CT molecular complexity index is 567. The van der Waals surface area contributed by atoms with Gasteiger partial charge in [-0.2, -0.15) is 0 Å². The van der Waals surface area contributed by atoms with Crippen LogP contribution in [0.15, 0.2) is 24.3 Å². The normalized spacial score (nSPS) is 30.5. The number of amides is 1. The molecule has 0 bridgehead atoms. The summed E-state index contributed by atoms with van der Waals surface area (Å²) in [5.74, 6) is 0.299. The van der Waals surface area contributed by atoms with Gasteiger partial charge in [0, 0.05) is 31.2 Å². The van der Waals surface area contributed by atoms with E-state index < -0.39 is 5.60 Å². The molecule has 132 valence electrons. The second-order valence-corrected chi connectivity index (χ2v) is 7.55. The van der Waals surface area contributed by atoms with Crippen molar-refractivity contribution in [1.29, 1.82) is 0 Å². The second kappa shape index (κ2) is 7.24. The van der Waals surface area contributed by atoms with Crippen LogP contribution >= 0.6 is 0 Å². The Balaban J connectivity index is 1.75. The van der Waals surface area contributed by atoms with Gasteiger partial charge in [-0.3, -0.25) is 4.79 Å². The van der Waals surface area contributed by atoms with Crippen LogP contribution in [0, 0.1) is 5.92 Å². The first-order valence-electron chi connectivity index (χ1n) is 9.14. The average Bonchev–Trinajstić information content (AvgIpc) is 3.04. The van der Waals surface area contributed by atoms with Crippen molar-refractivity contribution in [3.63, 3.8) is 0 Å². The summed E-state index contributed by atoms with van der Waals surface area (Å²) in [6.07, 6.45) is 6.16. The number of carbonyl (C=O) groups excluding carboxylic acids is 1. The van der Waals surface area contributed by atoms with Crippen LogP contribution in [-0.4, -0.2) is 41.2 Å². The van der Waals surface area contributed by atoms with Gasteiger partial charge < -0.3 is 14.7 Å². The fourth-order valence-electron chi connectivity index (χ4n) is 4.49. The lowest BCUT2D eigenvalue weighted by Crippen LogP contribution is -2.50. The number of benzene rings is 1. The standard InChI is InChI=1S/C20H29NO3/c1-20(23)12-4-3-6-17(20)18-7-5-13-21(18)19(22)16-10-8-15(9-11-16)14-24-2/h8-11,17-18,23H,3-7,12-14H2,1-2H3/t17-,18-,20-/m1/s1. The molecule has 4 heteroatoms. The Kier molecular flexibility index (Phi) is 5.26. The third-order valence-electron chi connectivity index (χ3n) is 5.78. The Labute approximate surface area is 144 Å². The molecule has 2 fully saturated rings. The number of carbonyl (C=O) groups is 1. The number of aliphatic hydroxyl groups is 1. The topological polar surface area (TPSA) is 49.8 Å². The lowest BCUT2D eigenvalue weighted by molar-refractivity contribution is -0.0577. The maximum Gasteiger partial charge on any atom is 0.254 e. The van der Waals surface area contributed by atoms with Gasteiger partial charge in [0.1, 0.15) is 0 Å². The van der Waals surface area contributed by atoms with Crippen LogP contribution in [0.3, 0.4) is 0 Å².